The smallest absolute Gasteiger partial charge is 0.243 e. The molecule has 6 nitrogen and oxygen atoms in total. The summed E-state index contributed by atoms with van der Waals surface area (Å²) in [5, 5.41) is 3.52. The number of carbonyl (C=O) groups excluding carboxylic acids is 1. The van der Waals surface area contributed by atoms with E-state index < -0.39 is 0 Å². The van der Waals surface area contributed by atoms with Gasteiger partial charge in [0.15, 0.2) is 5.96 Å². The molecular weight excluding hydrogens is 314 g/mol. The molecule has 0 bridgehead atoms. The number of hydrogen-bond donors (Lipinski definition) is 1. The third kappa shape index (κ3) is 6.49. The largest absolute Gasteiger partial charge is 0.354 e. The predicted octanol–water partition coefficient (Wildman–Crippen LogP) is 1.63. The van der Waals surface area contributed by atoms with E-state index in [9.17, 15) is 4.79 Å². The minimum Gasteiger partial charge on any atom is -0.354 e. The first-order chi connectivity index (χ1) is 12.0. The van der Waals surface area contributed by atoms with Crippen molar-refractivity contribution in [2.24, 2.45) is 10.9 Å². The van der Waals surface area contributed by atoms with Crippen LogP contribution in [0.2, 0.25) is 0 Å². The number of likely N-dealkylation sites (N-methyl/N-ethyl adjacent to an activating group) is 1. The van der Waals surface area contributed by atoms with E-state index in [2.05, 4.69) is 34.0 Å². The predicted molar refractivity (Wildman–Crippen MR) is 104 cm³/mol. The quantitative estimate of drug-likeness (QED) is 0.584. The summed E-state index contributed by atoms with van der Waals surface area (Å²) in [5.41, 5.74) is 0. The Labute approximate surface area is 153 Å². The maximum absolute atomic E-state index is 11.9. The molecule has 1 N–H and O–H groups in total. The molecule has 0 aliphatic carbocycles. The van der Waals surface area contributed by atoms with Crippen molar-refractivity contribution in [1.29, 1.82) is 0 Å². The summed E-state index contributed by atoms with van der Waals surface area (Å²) in [4.78, 5) is 23.1. The van der Waals surface area contributed by atoms with E-state index in [1.165, 1.54) is 45.3 Å². The van der Waals surface area contributed by atoms with E-state index in [1.807, 2.05) is 0 Å². The molecule has 0 aromatic heterocycles. The Morgan fingerprint density at radius 3 is 2.60 bits per heavy atom. The van der Waals surface area contributed by atoms with E-state index in [0.717, 1.165) is 25.5 Å². The number of nitrogens with zero attached hydrogens (tertiary/aromatic N) is 4. The second-order valence-electron chi connectivity index (χ2n) is 7.84. The van der Waals surface area contributed by atoms with Crippen molar-refractivity contribution in [2.75, 3.05) is 53.4 Å². The van der Waals surface area contributed by atoms with Gasteiger partial charge >= 0.3 is 0 Å². The zero-order valence-electron chi connectivity index (χ0n) is 16.6. The second-order valence-corrected chi connectivity index (χ2v) is 7.84. The normalized spacial score (nSPS) is 23.6. The second kappa shape index (κ2) is 10.00. The summed E-state index contributed by atoms with van der Waals surface area (Å²) < 4.78 is 0. The van der Waals surface area contributed by atoms with Gasteiger partial charge in [0.05, 0.1) is 0 Å². The van der Waals surface area contributed by atoms with Gasteiger partial charge in [-0.25, -0.2) is 4.99 Å². The Morgan fingerprint density at radius 1 is 1.24 bits per heavy atom. The van der Waals surface area contributed by atoms with E-state index in [-0.39, 0.29) is 12.5 Å². The third-order valence-corrected chi connectivity index (χ3v) is 5.40. The Morgan fingerprint density at radius 2 is 1.96 bits per heavy atom. The fourth-order valence-corrected chi connectivity index (χ4v) is 3.52. The molecule has 2 atom stereocenters. The molecule has 2 rings (SSSR count). The molecule has 2 heterocycles. The number of carbonyl (C=O) groups is 1. The van der Waals surface area contributed by atoms with Gasteiger partial charge in [0, 0.05) is 39.8 Å². The minimum absolute atomic E-state index is 0.0486. The first-order valence-electron chi connectivity index (χ1n) is 9.98. The van der Waals surface area contributed by atoms with E-state index in [4.69, 9.17) is 0 Å². The number of guanidine groups is 1. The van der Waals surface area contributed by atoms with Crippen LogP contribution in [0.25, 0.3) is 0 Å². The van der Waals surface area contributed by atoms with Crippen LogP contribution in [-0.4, -0.2) is 86.0 Å². The average Bonchev–Trinajstić information content (AvgIpc) is 3.07. The Balaban J connectivity index is 1.92. The summed E-state index contributed by atoms with van der Waals surface area (Å²) in [7, 11) is 3.56. The topological polar surface area (TPSA) is 51.2 Å². The third-order valence-electron chi connectivity index (χ3n) is 5.40. The molecule has 0 spiro atoms. The lowest BCUT2D eigenvalue weighted by molar-refractivity contribution is -0.127. The lowest BCUT2D eigenvalue weighted by Gasteiger charge is -2.29. The Kier molecular flexibility index (Phi) is 8.00. The lowest BCUT2D eigenvalue weighted by Crippen LogP contribution is -2.45. The Hall–Kier alpha value is -1.30. The first kappa shape index (κ1) is 20.0. The molecule has 2 unspecified atom stereocenters. The van der Waals surface area contributed by atoms with Crippen molar-refractivity contribution in [3.05, 3.63) is 0 Å². The number of amides is 1. The molecule has 144 valence electrons. The monoisotopic (exact) mass is 351 g/mol. The van der Waals surface area contributed by atoms with Crippen molar-refractivity contribution in [1.82, 2.24) is 20.0 Å². The van der Waals surface area contributed by atoms with Gasteiger partial charge < -0.3 is 20.0 Å². The van der Waals surface area contributed by atoms with Crippen LogP contribution in [0.5, 0.6) is 0 Å². The summed E-state index contributed by atoms with van der Waals surface area (Å²) in [5.74, 6) is 1.67. The van der Waals surface area contributed by atoms with Crippen LogP contribution in [-0.2, 0) is 4.79 Å². The molecule has 0 aromatic rings. The summed E-state index contributed by atoms with van der Waals surface area (Å²) in [6.45, 7) is 10.4. The molecule has 0 aromatic carbocycles. The number of likely N-dealkylation sites (tertiary alicyclic amines) is 2. The minimum atomic E-state index is 0.0486. The fraction of sp³-hybridized carbons (Fsp3) is 0.895. The highest BCUT2D eigenvalue weighted by atomic mass is 16.2. The SMILES string of the molecule is CCC(C)NC(=NCC(=O)N(C)C)N1CCC(CN2CCCCC2)C1. The van der Waals surface area contributed by atoms with Crippen LogP contribution in [0.3, 0.4) is 0 Å². The first-order valence-corrected chi connectivity index (χ1v) is 9.98. The standard InChI is InChI=1S/C19H37N5O/c1-5-16(2)21-19(20-13-18(25)22(3)4)24-12-9-17(15-24)14-23-10-7-6-8-11-23/h16-17H,5-15H2,1-4H3,(H,20,21). The molecule has 2 aliphatic heterocycles. The van der Waals surface area contributed by atoms with Gasteiger partial charge in [0.2, 0.25) is 5.91 Å². The molecule has 2 fully saturated rings. The van der Waals surface area contributed by atoms with Crippen molar-refractivity contribution in [3.8, 4) is 0 Å². The fourth-order valence-electron chi connectivity index (χ4n) is 3.52. The van der Waals surface area contributed by atoms with Crippen molar-refractivity contribution in [2.45, 2.75) is 52.0 Å². The van der Waals surface area contributed by atoms with E-state index in [0.29, 0.717) is 12.0 Å². The van der Waals surface area contributed by atoms with Crippen LogP contribution in [0.4, 0.5) is 0 Å². The van der Waals surface area contributed by atoms with Gasteiger partial charge in [-0.1, -0.05) is 13.3 Å². The summed E-state index contributed by atoms with van der Waals surface area (Å²) in [6.07, 6.45) is 6.37. The highest BCUT2D eigenvalue weighted by Gasteiger charge is 2.27. The number of rotatable bonds is 6. The van der Waals surface area contributed by atoms with Crippen LogP contribution in [0.1, 0.15) is 46.0 Å². The van der Waals surface area contributed by atoms with Gasteiger partial charge in [0.1, 0.15) is 6.54 Å². The van der Waals surface area contributed by atoms with Crippen LogP contribution < -0.4 is 5.32 Å². The number of piperidine rings is 1. The maximum atomic E-state index is 11.9. The maximum Gasteiger partial charge on any atom is 0.243 e. The summed E-state index contributed by atoms with van der Waals surface area (Å²) >= 11 is 0. The average molecular weight is 352 g/mol. The van der Waals surface area contributed by atoms with Crippen molar-refractivity contribution < 1.29 is 4.79 Å². The van der Waals surface area contributed by atoms with Gasteiger partial charge in [-0.2, -0.15) is 0 Å². The highest BCUT2D eigenvalue weighted by molar-refractivity contribution is 5.85. The molecule has 0 saturated carbocycles. The molecule has 25 heavy (non-hydrogen) atoms. The number of hydrogen-bond acceptors (Lipinski definition) is 3. The van der Waals surface area contributed by atoms with Gasteiger partial charge in [0.25, 0.3) is 0 Å². The Bertz CT molecular complexity index is 445. The zero-order valence-corrected chi connectivity index (χ0v) is 16.6. The number of nitrogens with one attached hydrogen (secondary N) is 1. The number of aliphatic imine (C=N–C) groups is 1. The molecule has 0 radical (unpaired) electrons. The van der Waals surface area contributed by atoms with Crippen LogP contribution in [0.15, 0.2) is 4.99 Å². The van der Waals surface area contributed by atoms with Crippen molar-refractivity contribution in [3.63, 3.8) is 0 Å². The zero-order chi connectivity index (χ0) is 18.2. The van der Waals surface area contributed by atoms with Gasteiger partial charge in [-0.3, -0.25) is 4.79 Å². The lowest BCUT2D eigenvalue weighted by atomic mass is 10.1. The molecule has 1 amide bonds. The summed E-state index contributed by atoms with van der Waals surface area (Å²) in [6, 6.07) is 0.370. The molecule has 2 aliphatic rings. The van der Waals surface area contributed by atoms with Gasteiger partial charge in [-0.15, -0.1) is 0 Å². The molecular formula is C19H37N5O. The van der Waals surface area contributed by atoms with Crippen LogP contribution >= 0.6 is 0 Å². The molecule has 6 heteroatoms. The van der Waals surface area contributed by atoms with Crippen molar-refractivity contribution >= 4 is 11.9 Å². The van der Waals surface area contributed by atoms with E-state index >= 15 is 0 Å². The van der Waals surface area contributed by atoms with E-state index in [1.54, 1.807) is 19.0 Å². The molecule has 2 saturated heterocycles. The van der Waals surface area contributed by atoms with Crippen LogP contribution in [0, 0.1) is 5.92 Å². The highest BCUT2D eigenvalue weighted by Crippen LogP contribution is 2.20. The van der Waals surface area contributed by atoms with Gasteiger partial charge in [-0.05, 0) is 51.6 Å².